The van der Waals surface area contributed by atoms with Crippen molar-refractivity contribution in [3.63, 3.8) is 0 Å². The van der Waals surface area contributed by atoms with E-state index in [0.717, 1.165) is 70.6 Å². The molecule has 0 bridgehead atoms. The third-order valence-electron chi connectivity index (χ3n) is 6.78. The van der Waals surface area contributed by atoms with Gasteiger partial charge < -0.3 is 10.2 Å². The minimum Gasteiger partial charge on any atom is -0.481 e. The fourth-order valence-corrected chi connectivity index (χ4v) is 4.15. The molecule has 0 heterocycles. The van der Waals surface area contributed by atoms with Crippen LogP contribution in [0, 0.1) is 24.7 Å². The van der Waals surface area contributed by atoms with Gasteiger partial charge in [0.15, 0.2) is 0 Å². The Morgan fingerprint density at radius 1 is 0.897 bits per heavy atom. The molecule has 162 valence electrons. The highest BCUT2D eigenvalue weighted by Gasteiger charge is 2.49. The van der Waals surface area contributed by atoms with Gasteiger partial charge in [-0.15, -0.1) is 0 Å². The second kappa shape index (κ2) is 9.77. The molecule has 0 radical (unpaired) electrons. The molecule has 1 fully saturated rings. The average Bonchev–Trinajstić information content (AvgIpc) is 3.42. The van der Waals surface area contributed by atoms with Gasteiger partial charge in [0.2, 0.25) is 0 Å². The van der Waals surface area contributed by atoms with Crippen LogP contribution in [-0.2, 0) is 22.4 Å². The molecule has 0 aromatic heterocycles. The van der Waals surface area contributed by atoms with Crippen molar-refractivity contribution in [2.24, 2.45) is 10.8 Å². The molecule has 0 amide bonds. The van der Waals surface area contributed by atoms with Crippen molar-refractivity contribution in [1.29, 1.82) is 0 Å². The lowest BCUT2D eigenvalue weighted by Crippen LogP contribution is -2.23. The molecule has 0 saturated heterocycles. The zero-order valence-corrected chi connectivity index (χ0v) is 18.6. The summed E-state index contributed by atoms with van der Waals surface area (Å²) < 4.78 is 0. The van der Waals surface area contributed by atoms with Crippen LogP contribution in [0.4, 0.5) is 0 Å². The smallest absolute Gasteiger partial charge is 0.309 e. The predicted molar refractivity (Wildman–Crippen MR) is 116 cm³/mol. The molecule has 2 N–H and O–H groups in total. The first-order valence-corrected chi connectivity index (χ1v) is 11.1. The van der Waals surface area contributed by atoms with Crippen molar-refractivity contribution in [2.45, 2.75) is 98.3 Å². The second-order valence-electron chi connectivity index (χ2n) is 9.75. The first kappa shape index (κ1) is 23.4. The highest BCUT2D eigenvalue weighted by Crippen LogP contribution is 2.50. The van der Waals surface area contributed by atoms with Crippen molar-refractivity contribution in [1.82, 2.24) is 0 Å². The van der Waals surface area contributed by atoms with Gasteiger partial charge in [-0.2, -0.15) is 0 Å². The van der Waals surface area contributed by atoms with Crippen LogP contribution in [0.2, 0.25) is 0 Å². The Morgan fingerprint density at radius 2 is 1.45 bits per heavy atom. The van der Waals surface area contributed by atoms with Crippen molar-refractivity contribution in [3.05, 3.63) is 34.4 Å². The van der Waals surface area contributed by atoms with Gasteiger partial charge in [-0.1, -0.05) is 31.4 Å². The van der Waals surface area contributed by atoms with E-state index >= 15 is 0 Å². The number of unbranched alkanes of at least 4 members (excludes halogenated alkanes) is 3. The minimum absolute atomic E-state index is 0.400. The van der Waals surface area contributed by atoms with Gasteiger partial charge in [-0.25, -0.2) is 0 Å². The Labute approximate surface area is 175 Å². The van der Waals surface area contributed by atoms with Crippen molar-refractivity contribution in [2.75, 3.05) is 0 Å². The number of benzene rings is 1. The lowest BCUT2D eigenvalue weighted by atomic mass is 9.86. The topological polar surface area (TPSA) is 74.6 Å². The predicted octanol–water partition coefficient (Wildman–Crippen LogP) is 6.09. The minimum atomic E-state index is -0.715. The Balaban J connectivity index is 1.79. The third-order valence-corrected chi connectivity index (χ3v) is 6.78. The highest BCUT2D eigenvalue weighted by atomic mass is 16.4. The summed E-state index contributed by atoms with van der Waals surface area (Å²) in [5.74, 6) is -1.33. The zero-order chi connectivity index (χ0) is 21.7. The van der Waals surface area contributed by atoms with E-state index in [9.17, 15) is 19.8 Å². The molecule has 29 heavy (non-hydrogen) atoms. The first-order valence-electron chi connectivity index (χ1n) is 11.1. The van der Waals surface area contributed by atoms with Crippen LogP contribution >= 0.6 is 0 Å². The summed E-state index contributed by atoms with van der Waals surface area (Å²) in [5, 5.41) is 18.5. The summed E-state index contributed by atoms with van der Waals surface area (Å²) in [6, 6.07) is 4.62. The summed E-state index contributed by atoms with van der Waals surface area (Å²) in [4.78, 5) is 22.5. The highest BCUT2D eigenvalue weighted by molar-refractivity contribution is 5.77. The summed E-state index contributed by atoms with van der Waals surface area (Å²) >= 11 is 0. The van der Waals surface area contributed by atoms with E-state index in [-0.39, 0.29) is 0 Å². The van der Waals surface area contributed by atoms with Gasteiger partial charge in [0.25, 0.3) is 0 Å². The lowest BCUT2D eigenvalue weighted by molar-refractivity contribution is -0.147. The molecule has 0 atom stereocenters. The van der Waals surface area contributed by atoms with Crippen LogP contribution in [0.5, 0.6) is 0 Å². The largest absolute Gasteiger partial charge is 0.481 e. The van der Waals surface area contributed by atoms with Crippen LogP contribution in [0.3, 0.4) is 0 Å². The van der Waals surface area contributed by atoms with E-state index in [1.54, 1.807) is 13.8 Å². The Hall–Kier alpha value is -1.84. The second-order valence-corrected chi connectivity index (χ2v) is 9.75. The Kier molecular flexibility index (Phi) is 7.90. The number of carboxylic acid groups (broad SMARTS) is 2. The maximum Gasteiger partial charge on any atom is 0.309 e. The van der Waals surface area contributed by atoms with E-state index in [2.05, 4.69) is 26.0 Å². The van der Waals surface area contributed by atoms with Crippen molar-refractivity contribution in [3.8, 4) is 0 Å². The number of rotatable bonds is 13. The molecule has 0 unspecified atom stereocenters. The van der Waals surface area contributed by atoms with Gasteiger partial charge in [0, 0.05) is 0 Å². The number of aryl methyl sites for hydroxylation is 4. The van der Waals surface area contributed by atoms with Gasteiger partial charge >= 0.3 is 11.9 Å². The lowest BCUT2D eigenvalue weighted by Gasteiger charge is -2.18. The molecule has 0 aliphatic heterocycles. The van der Waals surface area contributed by atoms with Crippen molar-refractivity contribution >= 4 is 11.9 Å². The molecule has 4 heteroatoms. The summed E-state index contributed by atoms with van der Waals surface area (Å²) in [6.45, 7) is 7.93. The SMILES string of the molecule is Cc1cc(C)c(CCCCC2(C(=O)O)CC2)cc1CCCCCC(C)(C)C(=O)O. The monoisotopic (exact) mass is 402 g/mol. The van der Waals surface area contributed by atoms with Crippen LogP contribution < -0.4 is 0 Å². The van der Waals surface area contributed by atoms with Crippen LogP contribution in [0.25, 0.3) is 0 Å². The van der Waals surface area contributed by atoms with E-state index in [1.807, 2.05) is 0 Å². The van der Waals surface area contributed by atoms with Gasteiger partial charge in [0.05, 0.1) is 10.8 Å². The number of carbonyl (C=O) groups is 2. The summed E-state index contributed by atoms with van der Waals surface area (Å²) in [6.07, 6.45) is 10.4. The van der Waals surface area contributed by atoms with E-state index in [4.69, 9.17) is 0 Å². The maximum absolute atomic E-state index is 11.3. The van der Waals surface area contributed by atoms with E-state index in [0.29, 0.717) is 0 Å². The first-order chi connectivity index (χ1) is 13.6. The molecule has 2 rings (SSSR count). The van der Waals surface area contributed by atoms with Gasteiger partial charge in [-0.05, 0) is 101 Å². The number of carboxylic acids is 2. The molecule has 1 aromatic carbocycles. The molecule has 1 aliphatic carbocycles. The van der Waals surface area contributed by atoms with Crippen LogP contribution in [0.15, 0.2) is 12.1 Å². The molecule has 4 nitrogen and oxygen atoms in total. The number of hydrogen-bond acceptors (Lipinski definition) is 2. The fraction of sp³-hybridized carbons (Fsp3) is 0.680. The fourth-order valence-electron chi connectivity index (χ4n) is 4.15. The third kappa shape index (κ3) is 6.58. The van der Waals surface area contributed by atoms with Crippen LogP contribution in [-0.4, -0.2) is 22.2 Å². The van der Waals surface area contributed by atoms with E-state index < -0.39 is 22.8 Å². The molecule has 1 saturated carbocycles. The average molecular weight is 403 g/mol. The van der Waals surface area contributed by atoms with Gasteiger partial charge in [0.1, 0.15) is 0 Å². The standard InChI is InChI=1S/C25H38O4/c1-18-16-19(2)21(11-7-9-13-25(14-15-25)23(28)29)17-20(18)10-6-5-8-12-24(3,4)22(26)27/h16-17H,5-15H2,1-4H3,(H,26,27)(H,28,29). The summed E-state index contributed by atoms with van der Waals surface area (Å²) in [5.41, 5.74) is 4.41. The normalized spacial score (nSPS) is 15.3. The zero-order valence-electron chi connectivity index (χ0n) is 18.6. The maximum atomic E-state index is 11.3. The number of aliphatic carboxylic acids is 2. The quantitative estimate of drug-likeness (QED) is 0.391. The van der Waals surface area contributed by atoms with Crippen LogP contribution in [0.1, 0.15) is 93.9 Å². The molecular weight excluding hydrogens is 364 g/mol. The molecule has 1 aromatic rings. The van der Waals surface area contributed by atoms with E-state index in [1.165, 1.54) is 22.3 Å². The summed E-state index contributed by atoms with van der Waals surface area (Å²) in [7, 11) is 0. The van der Waals surface area contributed by atoms with Gasteiger partial charge in [-0.3, -0.25) is 9.59 Å². The number of hydrogen-bond donors (Lipinski definition) is 2. The van der Waals surface area contributed by atoms with Crippen molar-refractivity contribution < 1.29 is 19.8 Å². The molecule has 1 aliphatic rings. The Morgan fingerprint density at radius 3 is 1.93 bits per heavy atom. The molecule has 0 spiro atoms. The Bertz CT molecular complexity index is 729. The molecular formula is C25H38O4.